The fraction of sp³-hybridized carbons (Fsp3) is 0.433. The zero-order valence-corrected chi connectivity index (χ0v) is 22.2. The summed E-state index contributed by atoms with van der Waals surface area (Å²) in [6, 6.07) is 9.52. The smallest absolute Gasteiger partial charge is 0.233 e. The fourth-order valence-corrected chi connectivity index (χ4v) is 5.86. The van der Waals surface area contributed by atoms with Gasteiger partial charge in [0, 0.05) is 25.8 Å². The van der Waals surface area contributed by atoms with Crippen LogP contribution >= 0.6 is 0 Å². The number of hydrogen-bond acceptors (Lipinski definition) is 7. The maximum atomic E-state index is 14.0. The standard InChI is InChI=1S/C30H35FN2O6/c1-3-12-33-29(37)21-15-20(17-39-2)27(22(16-34)28(21)30(33)38)26(36)10-8-19(24-6-4-5-11-32-24)13-18-7-9-25(35)23(31)14-18/h4-7,9,11,13-14,21-22,26,28,34-36H,3,8,10,12,15-17H2,1-2H3/b19-13-/t21-,22+,26-,28-/m1/s1. The van der Waals surface area contributed by atoms with Crippen molar-refractivity contribution in [2.75, 3.05) is 26.9 Å². The number of phenols is 1. The number of amides is 2. The molecule has 1 aliphatic carbocycles. The Hall–Kier alpha value is -3.40. The van der Waals surface area contributed by atoms with Crippen molar-refractivity contribution in [1.29, 1.82) is 0 Å². The highest BCUT2D eigenvalue weighted by Crippen LogP contribution is 2.46. The zero-order chi connectivity index (χ0) is 28.1. The first kappa shape index (κ1) is 28.6. The largest absolute Gasteiger partial charge is 0.505 e. The van der Waals surface area contributed by atoms with Gasteiger partial charge in [-0.1, -0.05) is 19.1 Å². The Morgan fingerprint density at radius 2 is 2.05 bits per heavy atom. The molecule has 2 heterocycles. The van der Waals surface area contributed by atoms with Crippen molar-refractivity contribution < 1.29 is 34.0 Å². The van der Waals surface area contributed by atoms with E-state index in [-0.39, 0.29) is 31.4 Å². The Labute approximate surface area is 227 Å². The Morgan fingerprint density at radius 3 is 2.69 bits per heavy atom. The van der Waals surface area contributed by atoms with Crippen LogP contribution in [0.3, 0.4) is 0 Å². The average Bonchev–Trinajstić information content (AvgIpc) is 3.17. The second-order valence-corrected chi connectivity index (χ2v) is 10.1. The van der Waals surface area contributed by atoms with Crippen LogP contribution in [-0.2, 0) is 14.3 Å². The molecule has 3 N–H and O–H groups in total. The number of hydrogen-bond donors (Lipinski definition) is 3. The van der Waals surface area contributed by atoms with Gasteiger partial charge in [-0.05, 0) is 78.3 Å². The number of halogens is 1. The first-order valence-electron chi connectivity index (χ1n) is 13.3. The highest BCUT2D eigenvalue weighted by atomic mass is 19.1. The number of phenolic OH excluding ortho intramolecular Hbond substituents is 1. The number of fused-ring (bicyclic) bond motifs is 1. The molecule has 208 valence electrons. The van der Waals surface area contributed by atoms with Gasteiger partial charge in [-0.3, -0.25) is 19.5 Å². The molecule has 1 fully saturated rings. The number of imide groups is 1. The number of carbonyl (C=O) groups is 2. The molecule has 1 aromatic heterocycles. The third kappa shape index (κ3) is 5.95. The molecule has 0 bridgehead atoms. The SMILES string of the molecule is CCCN1C(=O)[C@@H]2[C@@H](CC(COC)=C([C@H](O)CC/C(=C/c3ccc(O)c(F)c3)c3ccccn3)[C@@H]2CO)C1=O. The first-order valence-corrected chi connectivity index (χ1v) is 13.3. The van der Waals surface area contributed by atoms with Crippen molar-refractivity contribution in [2.45, 2.75) is 38.7 Å². The van der Waals surface area contributed by atoms with Crippen LogP contribution in [-0.4, -0.2) is 70.0 Å². The van der Waals surface area contributed by atoms with Crippen LogP contribution in [0.15, 0.2) is 53.7 Å². The van der Waals surface area contributed by atoms with Crippen LogP contribution in [0, 0.1) is 23.6 Å². The molecule has 0 radical (unpaired) electrons. The normalized spacial score (nSPS) is 22.4. The van der Waals surface area contributed by atoms with Crippen molar-refractivity contribution in [3.63, 3.8) is 0 Å². The summed E-state index contributed by atoms with van der Waals surface area (Å²) in [6.07, 6.45) is 3.91. The lowest BCUT2D eigenvalue weighted by atomic mass is 9.68. The van der Waals surface area contributed by atoms with Gasteiger partial charge in [0.05, 0.1) is 36.8 Å². The molecule has 2 amide bonds. The van der Waals surface area contributed by atoms with Crippen LogP contribution in [0.25, 0.3) is 11.6 Å². The first-order chi connectivity index (χ1) is 18.8. The monoisotopic (exact) mass is 538 g/mol. The van der Waals surface area contributed by atoms with Crippen LogP contribution in [0.4, 0.5) is 4.39 Å². The number of pyridine rings is 1. The van der Waals surface area contributed by atoms with Crippen molar-refractivity contribution >= 4 is 23.5 Å². The molecule has 1 saturated heterocycles. The molecule has 0 spiro atoms. The van der Waals surface area contributed by atoms with E-state index in [0.29, 0.717) is 42.6 Å². The number of aromatic nitrogens is 1. The maximum Gasteiger partial charge on any atom is 0.233 e. The molecule has 4 rings (SSSR count). The summed E-state index contributed by atoms with van der Waals surface area (Å²) in [5.74, 6) is -3.70. The number of methoxy groups -OCH3 is 1. The van der Waals surface area contributed by atoms with Crippen molar-refractivity contribution in [2.24, 2.45) is 17.8 Å². The van der Waals surface area contributed by atoms with E-state index in [9.17, 15) is 29.3 Å². The number of aliphatic hydroxyl groups is 2. The molecule has 4 atom stereocenters. The number of ether oxygens (including phenoxy) is 1. The van der Waals surface area contributed by atoms with E-state index in [1.54, 1.807) is 24.4 Å². The van der Waals surface area contributed by atoms with Crippen molar-refractivity contribution in [3.05, 3.63) is 70.8 Å². The Bertz CT molecular complexity index is 1260. The summed E-state index contributed by atoms with van der Waals surface area (Å²) in [7, 11) is 1.53. The summed E-state index contributed by atoms with van der Waals surface area (Å²) in [5, 5.41) is 31.5. The highest BCUT2D eigenvalue weighted by molar-refractivity contribution is 6.05. The van der Waals surface area contributed by atoms with Gasteiger partial charge < -0.3 is 20.1 Å². The number of likely N-dealkylation sites (tertiary alicyclic amines) is 1. The molecule has 8 nitrogen and oxygen atoms in total. The molecule has 39 heavy (non-hydrogen) atoms. The van der Waals surface area contributed by atoms with Gasteiger partial charge in [0.1, 0.15) is 0 Å². The van der Waals surface area contributed by atoms with E-state index >= 15 is 0 Å². The number of rotatable bonds is 11. The summed E-state index contributed by atoms with van der Waals surface area (Å²) < 4.78 is 19.4. The maximum absolute atomic E-state index is 14.0. The number of aliphatic hydroxyl groups excluding tert-OH is 2. The topological polar surface area (TPSA) is 120 Å². The highest BCUT2D eigenvalue weighted by Gasteiger charge is 2.54. The molecule has 2 aliphatic rings. The number of nitrogens with zero attached hydrogens (tertiary/aromatic N) is 2. The van der Waals surface area contributed by atoms with Gasteiger partial charge in [-0.25, -0.2) is 4.39 Å². The van der Waals surface area contributed by atoms with E-state index in [0.717, 1.165) is 11.1 Å². The Balaban J connectivity index is 1.64. The predicted molar refractivity (Wildman–Crippen MR) is 143 cm³/mol. The lowest BCUT2D eigenvalue weighted by Gasteiger charge is -2.36. The number of carbonyl (C=O) groups excluding carboxylic acids is 2. The molecular formula is C30H35FN2O6. The Morgan fingerprint density at radius 1 is 1.26 bits per heavy atom. The quantitative estimate of drug-likeness (QED) is 0.296. The van der Waals surface area contributed by atoms with E-state index in [1.807, 2.05) is 19.1 Å². The van der Waals surface area contributed by atoms with Crippen LogP contribution in [0.1, 0.15) is 43.9 Å². The third-order valence-electron chi connectivity index (χ3n) is 7.59. The minimum atomic E-state index is -1.01. The summed E-state index contributed by atoms with van der Waals surface area (Å²) in [5.41, 5.74) is 3.20. The van der Waals surface area contributed by atoms with E-state index in [2.05, 4.69) is 4.98 Å². The van der Waals surface area contributed by atoms with Crippen molar-refractivity contribution in [3.8, 4) is 5.75 Å². The minimum Gasteiger partial charge on any atom is -0.505 e. The molecule has 0 saturated carbocycles. The molecular weight excluding hydrogens is 503 g/mol. The molecule has 2 aromatic rings. The van der Waals surface area contributed by atoms with Gasteiger partial charge in [-0.2, -0.15) is 0 Å². The van der Waals surface area contributed by atoms with E-state index in [1.165, 1.54) is 24.1 Å². The van der Waals surface area contributed by atoms with Crippen LogP contribution < -0.4 is 0 Å². The van der Waals surface area contributed by atoms with Gasteiger partial charge in [0.2, 0.25) is 11.8 Å². The third-order valence-corrected chi connectivity index (χ3v) is 7.59. The Kier molecular flexibility index (Phi) is 9.27. The summed E-state index contributed by atoms with van der Waals surface area (Å²) in [4.78, 5) is 32.0. The van der Waals surface area contributed by atoms with Crippen molar-refractivity contribution in [1.82, 2.24) is 9.88 Å². The number of allylic oxidation sites excluding steroid dienone is 1. The zero-order valence-electron chi connectivity index (χ0n) is 22.2. The molecule has 1 aliphatic heterocycles. The summed E-state index contributed by atoms with van der Waals surface area (Å²) in [6.45, 7) is 2.03. The second kappa shape index (κ2) is 12.6. The minimum absolute atomic E-state index is 0.178. The van der Waals surface area contributed by atoms with Gasteiger partial charge in [0.25, 0.3) is 0 Å². The lowest BCUT2D eigenvalue weighted by Crippen LogP contribution is -2.39. The average molecular weight is 539 g/mol. The molecule has 1 aromatic carbocycles. The number of benzene rings is 1. The van der Waals surface area contributed by atoms with E-state index in [4.69, 9.17) is 4.74 Å². The van der Waals surface area contributed by atoms with Crippen LogP contribution in [0.2, 0.25) is 0 Å². The lowest BCUT2D eigenvalue weighted by molar-refractivity contribution is -0.140. The predicted octanol–water partition coefficient (Wildman–Crippen LogP) is 3.57. The summed E-state index contributed by atoms with van der Waals surface area (Å²) >= 11 is 0. The van der Waals surface area contributed by atoms with Gasteiger partial charge in [-0.15, -0.1) is 0 Å². The number of aromatic hydroxyl groups is 1. The van der Waals surface area contributed by atoms with Crippen LogP contribution in [0.5, 0.6) is 5.75 Å². The molecule has 9 heteroatoms. The van der Waals surface area contributed by atoms with Gasteiger partial charge >= 0.3 is 0 Å². The van der Waals surface area contributed by atoms with Gasteiger partial charge in [0.15, 0.2) is 11.6 Å². The fourth-order valence-electron chi connectivity index (χ4n) is 5.86. The second-order valence-electron chi connectivity index (χ2n) is 10.1. The van der Waals surface area contributed by atoms with E-state index < -0.39 is 35.4 Å². The molecule has 0 unspecified atom stereocenters.